The van der Waals surface area contributed by atoms with Gasteiger partial charge in [0.2, 0.25) is 0 Å². The zero-order valence-corrected chi connectivity index (χ0v) is 10.8. The van der Waals surface area contributed by atoms with Crippen molar-refractivity contribution in [3.05, 3.63) is 48.0 Å². The third-order valence-corrected chi connectivity index (χ3v) is 2.57. The van der Waals surface area contributed by atoms with Crippen LogP contribution < -0.4 is 10.1 Å². The molecule has 1 aromatic heterocycles. The number of imidazole rings is 1. The monoisotopic (exact) mass is 285 g/mol. The summed E-state index contributed by atoms with van der Waals surface area (Å²) in [5, 5.41) is 2.99. The van der Waals surface area contributed by atoms with Gasteiger partial charge in [-0.05, 0) is 24.7 Å². The highest BCUT2D eigenvalue weighted by Gasteiger charge is 2.30. The Morgan fingerprint density at radius 3 is 2.55 bits per heavy atom. The van der Waals surface area contributed by atoms with Gasteiger partial charge in [-0.2, -0.15) is 0 Å². The van der Waals surface area contributed by atoms with Crippen molar-refractivity contribution < 1.29 is 17.9 Å². The largest absolute Gasteiger partial charge is 0.573 e. The van der Waals surface area contributed by atoms with Gasteiger partial charge in [0.25, 0.3) is 0 Å². The first-order valence-electron chi connectivity index (χ1n) is 5.96. The number of hydrogen-bond donors (Lipinski definition) is 1. The topological polar surface area (TPSA) is 39.1 Å². The van der Waals surface area contributed by atoms with Crippen LogP contribution in [-0.2, 0) is 13.1 Å². The summed E-state index contributed by atoms with van der Waals surface area (Å²) in [6, 6.07) is 5.79. The van der Waals surface area contributed by atoms with Gasteiger partial charge in [-0.15, -0.1) is 13.2 Å². The molecule has 0 aliphatic carbocycles. The lowest BCUT2D eigenvalue weighted by Crippen LogP contribution is -2.17. The van der Waals surface area contributed by atoms with Crippen LogP contribution in [0.2, 0.25) is 0 Å². The number of hydrogen-bond acceptors (Lipinski definition) is 3. The number of rotatable bonds is 5. The van der Waals surface area contributed by atoms with Gasteiger partial charge >= 0.3 is 6.36 Å². The first-order chi connectivity index (χ1) is 9.46. The van der Waals surface area contributed by atoms with Crippen LogP contribution in [0.25, 0.3) is 0 Å². The van der Waals surface area contributed by atoms with E-state index < -0.39 is 6.36 Å². The molecule has 1 heterocycles. The van der Waals surface area contributed by atoms with Gasteiger partial charge in [0.15, 0.2) is 0 Å². The van der Waals surface area contributed by atoms with E-state index in [1.54, 1.807) is 18.5 Å². The molecule has 4 nitrogen and oxygen atoms in total. The minimum Gasteiger partial charge on any atom is -0.406 e. The minimum absolute atomic E-state index is 0.220. The molecule has 108 valence electrons. The van der Waals surface area contributed by atoms with E-state index in [4.69, 9.17) is 0 Å². The molecule has 0 amide bonds. The molecule has 0 atom stereocenters. The highest BCUT2D eigenvalue weighted by atomic mass is 19.4. The molecule has 0 radical (unpaired) electrons. The molecule has 0 saturated carbocycles. The van der Waals surface area contributed by atoms with Crippen molar-refractivity contribution in [2.24, 2.45) is 0 Å². The van der Waals surface area contributed by atoms with E-state index in [0.717, 1.165) is 11.3 Å². The molecule has 2 rings (SSSR count). The van der Waals surface area contributed by atoms with Gasteiger partial charge in [0.1, 0.15) is 5.75 Å². The first kappa shape index (κ1) is 14.4. The molecule has 2 aromatic rings. The van der Waals surface area contributed by atoms with E-state index >= 15 is 0 Å². The Kier molecular flexibility index (Phi) is 4.29. The average molecular weight is 285 g/mol. The van der Waals surface area contributed by atoms with Crippen LogP contribution in [0.3, 0.4) is 0 Å². The Hall–Kier alpha value is -2.02. The summed E-state index contributed by atoms with van der Waals surface area (Å²) in [5.41, 5.74) is 1.78. The second-order valence-electron chi connectivity index (χ2n) is 4.26. The van der Waals surface area contributed by atoms with E-state index in [1.165, 1.54) is 12.1 Å². The fourth-order valence-electron chi connectivity index (χ4n) is 1.77. The highest BCUT2D eigenvalue weighted by molar-refractivity contribution is 5.27. The van der Waals surface area contributed by atoms with Crippen LogP contribution in [0.4, 0.5) is 13.2 Å². The van der Waals surface area contributed by atoms with Gasteiger partial charge in [0, 0.05) is 19.3 Å². The maximum absolute atomic E-state index is 12.0. The maximum atomic E-state index is 12.0. The van der Waals surface area contributed by atoms with Gasteiger partial charge < -0.3 is 14.6 Å². The summed E-state index contributed by atoms with van der Waals surface area (Å²) < 4.78 is 41.8. The summed E-state index contributed by atoms with van der Waals surface area (Å²) >= 11 is 0. The van der Waals surface area contributed by atoms with E-state index in [1.807, 2.05) is 17.8 Å². The van der Waals surface area contributed by atoms with Crippen LogP contribution in [0.15, 0.2) is 36.8 Å². The molecule has 0 unspecified atom stereocenters. The first-order valence-corrected chi connectivity index (χ1v) is 5.96. The zero-order chi connectivity index (χ0) is 14.6. The fourth-order valence-corrected chi connectivity index (χ4v) is 1.77. The smallest absolute Gasteiger partial charge is 0.406 e. The highest BCUT2D eigenvalue weighted by Crippen LogP contribution is 2.22. The molecule has 0 fully saturated rings. The average Bonchev–Trinajstić information content (AvgIpc) is 2.78. The normalized spacial score (nSPS) is 11.6. The zero-order valence-electron chi connectivity index (χ0n) is 10.8. The molecule has 7 heteroatoms. The van der Waals surface area contributed by atoms with Crippen molar-refractivity contribution in [1.82, 2.24) is 14.9 Å². The number of benzene rings is 1. The van der Waals surface area contributed by atoms with E-state index in [9.17, 15) is 13.2 Å². The van der Waals surface area contributed by atoms with Gasteiger partial charge in [-0.3, -0.25) is 0 Å². The quantitative estimate of drug-likeness (QED) is 0.917. The van der Waals surface area contributed by atoms with Gasteiger partial charge in [-0.1, -0.05) is 12.1 Å². The second-order valence-corrected chi connectivity index (χ2v) is 4.26. The van der Waals surface area contributed by atoms with Crippen LogP contribution in [0, 0.1) is 0 Å². The Labute approximate surface area is 114 Å². The molecule has 0 spiro atoms. The molecular weight excluding hydrogens is 271 g/mol. The SMILES string of the molecule is CNCc1cn(Cc2ccc(OC(F)(F)F)cc2)cn1. The standard InChI is InChI=1S/C13H14F3N3O/c1-17-6-11-8-19(9-18-11)7-10-2-4-12(5-3-10)20-13(14,15)16/h2-5,8-9,17H,6-7H2,1H3. The van der Waals surface area contributed by atoms with Gasteiger partial charge in [0.05, 0.1) is 12.0 Å². The van der Waals surface area contributed by atoms with Crippen LogP contribution >= 0.6 is 0 Å². The Morgan fingerprint density at radius 2 is 1.95 bits per heavy atom. The lowest BCUT2D eigenvalue weighted by molar-refractivity contribution is -0.274. The summed E-state index contributed by atoms with van der Waals surface area (Å²) in [5.74, 6) is -0.220. The second kappa shape index (κ2) is 5.96. The van der Waals surface area contributed by atoms with Gasteiger partial charge in [-0.25, -0.2) is 4.98 Å². The number of alkyl halides is 3. The summed E-state index contributed by atoms with van der Waals surface area (Å²) in [6.07, 6.45) is -1.09. The summed E-state index contributed by atoms with van der Waals surface area (Å²) in [4.78, 5) is 4.20. The van der Waals surface area contributed by atoms with Crippen molar-refractivity contribution in [2.45, 2.75) is 19.5 Å². The summed E-state index contributed by atoms with van der Waals surface area (Å²) in [7, 11) is 1.83. The van der Waals surface area contributed by atoms with Crippen molar-refractivity contribution >= 4 is 0 Å². The number of nitrogens with zero attached hydrogens (tertiary/aromatic N) is 2. The molecule has 0 bridgehead atoms. The fraction of sp³-hybridized carbons (Fsp3) is 0.308. The van der Waals surface area contributed by atoms with Crippen LogP contribution in [0.5, 0.6) is 5.75 Å². The molecule has 0 saturated heterocycles. The Balaban J connectivity index is 1.99. The van der Waals surface area contributed by atoms with Crippen molar-refractivity contribution in [3.63, 3.8) is 0 Å². The molecule has 0 aliphatic rings. The predicted octanol–water partition coefficient (Wildman–Crippen LogP) is 2.55. The third kappa shape index (κ3) is 4.27. The molecular formula is C13H14F3N3O. The Bertz CT molecular complexity index is 549. The number of nitrogens with one attached hydrogen (secondary N) is 1. The van der Waals surface area contributed by atoms with Crippen LogP contribution in [0.1, 0.15) is 11.3 Å². The maximum Gasteiger partial charge on any atom is 0.573 e. The number of aromatic nitrogens is 2. The third-order valence-electron chi connectivity index (χ3n) is 2.57. The predicted molar refractivity (Wildman–Crippen MR) is 67.2 cm³/mol. The minimum atomic E-state index is -4.66. The lowest BCUT2D eigenvalue weighted by Gasteiger charge is -2.09. The molecule has 1 aromatic carbocycles. The van der Waals surface area contributed by atoms with E-state index in [-0.39, 0.29) is 5.75 Å². The van der Waals surface area contributed by atoms with Crippen LogP contribution in [-0.4, -0.2) is 23.0 Å². The lowest BCUT2D eigenvalue weighted by atomic mass is 10.2. The van der Waals surface area contributed by atoms with E-state index in [0.29, 0.717) is 13.1 Å². The number of halogens is 3. The summed E-state index contributed by atoms with van der Waals surface area (Å²) in [6.45, 7) is 1.22. The Morgan fingerprint density at radius 1 is 1.25 bits per heavy atom. The van der Waals surface area contributed by atoms with Crippen molar-refractivity contribution in [2.75, 3.05) is 7.05 Å². The van der Waals surface area contributed by atoms with Crippen molar-refractivity contribution in [1.29, 1.82) is 0 Å². The molecule has 0 aliphatic heterocycles. The van der Waals surface area contributed by atoms with E-state index in [2.05, 4.69) is 15.0 Å². The number of ether oxygens (including phenoxy) is 1. The molecule has 20 heavy (non-hydrogen) atoms. The molecule has 1 N–H and O–H groups in total. The van der Waals surface area contributed by atoms with Crippen molar-refractivity contribution in [3.8, 4) is 5.75 Å².